The highest BCUT2D eigenvalue weighted by atomic mass is 35.5. The van der Waals surface area contributed by atoms with Crippen LogP contribution in [0.3, 0.4) is 0 Å². The van der Waals surface area contributed by atoms with Gasteiger partial charge in [-0.3, -0.25) is 0 Å². The van der Waals surface area contributed by atoms with Crippen molar-refractivity contribution in [1.29, 1.82) is 0 Å². The molecule has 1 atom stereocenters. The molecule has 2 aromatic rings. The van der Waals surface area contributed by atoms with Crippen molar-refractivity contribution >= 4 is 42.4 Å². The minimum absolute atomic E-state index is 0.0470. The van der Waals surface area contributed by atoms with Crippen LogP contribution in [0.1, 0.15) is 13.3 Å². The van der Waals surface area contributed by atoms with E-state index in [1.54, 1.807) is 37.3 Å². The number of halogens is 1. The second-order valence-electron chi connectivity index (χ2n) is 5.91. The zero-order chi connectivity index (χ0) is 18.2. The first-order valence-electron chi connectivity index (χ1n) is 7.93. The molecule has 0 radical (unpaired) electrons. The standard InChI is InChI=1S/C16H19ClN2O4S2/c1-2-18-24(20,21)12-9-10-19(11-12)25(22,23)16-8-7-15(17)13-5-3-4-6-14(13)16/h3-8,12,18H,2,9-11H2,1H3. The van der Waals surface area contributed by atoms with Crippen LogP contribution in [0.4, 0.5) is 0 Å². The Kier molecular flexibility index (Phi) is 5.09. The van der Waals surface area contributed by atoms with Crippen LogP contribution in [0.25, 0.3) is 10.8 Å². The Morgan fingerprint density at radius 2 is 1.80 bits per heavy atom. The molecule has 3 rings (SSSR count). The molecule has 1 saturated heterocycles. The highest BCUT2D eigenvalue weighted by Crippen LogP contribution is 2.32. The molecule has 6 nitrogen and oxygen atoms in total. The summed E-state index contributed by atoms with van der Waals surface area (Å²) < 4.78 is 54.1. The Balaban J connectivity index is 1.98. The Morgan fingerprint density at radius 1 is 1.12 bits per heavy atom. The molecule has 1 aliphatic rings. The Morgan fingerprint density at radius 3 is 2.48 bits per heavy atom. The van der Waals surface area contributed by atoms with Gasteiger partial charge < -0.3 is 0 Å². The number of nitrogens with one attached hydrogen (secondary N) is 1. The highest BCUT2D eigenvalue weighted by molar-refractivity contribution is 7.90. The summed E-state index contributed by atoms with van der Waals surface area (Å²) in [7, 11) is -7.32. The van der Waals surface area contributed by atoms with E-state index in [4.69, 9.17) is 11.6 Å². The predicted molar refractivity (Wildman–Crippen MR) is 98.7 cm³/mol. The van der Waals surface area contributed by atoms with E-state index in [9.17, 15) is 16.8 Å². The number of hydrogen-bond acceptors (Lipinski definition) is 4. The number of hydrogen-bond donors (Lipinski definition) is 1. The second kappa shape index (κ2) is 6.85. The topological polar surface area (TPSA) is 83.6 Å². The van der Waals surface area contributed by atoms with Crippen LogP contribution < -0.4 is 4.72 Å². The van der Waals surface area contributed by atoms with E-state index in [-0.39, 0.29) is 31.0 Å². The monoisotopic (exact) mass is 402 g/mol. The average Bonchev–Trinajstić information content (AvgIpc) is 3.07. The van der Waals surface area contributed by atoms with Crippen molar-refractivity contribution in [2.75, 3.05) is 19.6 Å². The summed E-state index contributed by atoms with van der Waals surface area (Å²) in [6, 6.07) is 10.0. The fraction of sp³-hybridized carbons (Fsp3) is 0.375. The van der Waals surface area contributed by atoms with Gasteiger partial charge >= 0.3 is 0 Å². The molecule has 9 heteroatoms. The third kappa shape index (κ3) is 3.41. The van der Waals surface area contributed by atoms with E-state index >= 15 is 0 Å². The molecular formula is C16H19ClN2O4S2. The zero-order valence-electron chi connectivity index (χ0n) is 13.6. The maximum absolute atomic E-state index is 13.1. The van der Waals surface area contributed by atoms with Crippen LogP contribution in [0.5, 0.6) is 0 Å². The van der Waals surface area contributed by atoms with Crippen molar-refractivity contribution in [2.45, 2.75) is 23.5 Å². The molecule has 0 amide bonds. The van der Waals surface area contributed by atoms with Gasteiger partial charge in [-0.25, -0.2) is 21.6 Å². The molecule has 0 bridgehead atoms. The van der Waals surface area contributed by atoms with Crippen LogP contribution >= 0.6 is 11.6 Å². The number of benzene rings is 2. The van der Waals surface area contributed by atoms with E-state index in [1.807, 2.05) is 0 Å². The summed E-state index contributed by atoms with van der Waals surface area (Å²) in [5, 5.41) is 0.929. The third-order valence-corrected chi connectivity index (χ3v) is 8.55. The first-order chi connectivity index (χ1) is 11.8. The smallest absolute Gasteiger partial charge is 0.215 e. The summed E-state index contributed by atoms with van der Waals surface area (Å²) in [6.45, 7) is 2.11. The van der Waals surface area contributed by atoms with Gasteiger partial charge in [0.2, 0.25) is 20.0 Å². The lowest BCUT2D eigenvalue weighted by atomic mass is 10.1. The highest BCUT2D eigenvalue weighted by Gasteiger charge is 2.39. The zero-order valence-corrected chi connectivity index (χ0v) is 16.0. The maximum atomic E-state index is 13.1. The molecule has 0 spiro atoms. The van der Waals surface area contributed by atoms with E-state index < -0.39 is 25.3 Å². The molecular weight excluding hydrogens is 384 g/mol. The minimum Gasteiger partial charge on any atom is -0.215 e. The normalized spacial score (nSPS) is 19.5. The summed E-state index contributed by atoms with van der Waals surface area (Å²) in [4.78, 5) is 0.147. The lowest BCUT2D eigenvalue weighted by Gasteiger charge is -2.18. The van der Waals surface area contributed by atoms with Crippen molar-refractivity contribution < 1.29 is 16.8 Å². The SMILES string of the molecule is CCNS(=O)(=O)C1CCN(S(=O)(=O)c2ccc(Cl)c3ccccc23)C1. The molecule has 1 heterocycles. The fourth-order valence-corrected chi connectivity index (χ4v) is 6.54. The van der Waals surface area contributed by atoms with Gasteiger partial charge in [0.1, 0.15) is 0 Å². The number of rotatable bonds is 5. The molecule has 2 aromatic carbocycles. The van der Waals surface area contributed by atoms with Crippen LogP contribution in [0.15, 0.2) is 41.3 Å². The fourth-order valence-electron chi connectivity index (χ4n) is 3.09. The minimum atomic E-state index is -3.81. The molecule has 1 fully saturated rings. The Labute approximate surface area is 152 Å². The third-order valence-electron chi connectivity index (χ3n) is 4.34. The van der Waals surface area contributed by atoms with Crippen molar-refractivity contribution in [3.05, 3.63) is 41.4 Å². The first kappa shape index (κ1) is 18.6. The van der Waals surface area contributed by atoms with Crippen molar-refractivity contribution in [3.8, 4) is 0 Å². The summed E-state index contributed by atoms with van der Waals surface area (Å²) >= 11 is 6.16. The molecule has 1 aliphatic heterocycles. The first-order valence-corrected chi connectivity index (χ1v) is 11.3. The van der Waals surface area contributed by atoms with Gasteiger partial charge in [-0.2, -0.15) is 4.31 Å². The quantitative estimate of drug-likeness (QED) is 0.830. The van der Waals surface area contributed by atoms with E-state index in [0.717, 1.165) is 0 Å². The summed E-state index contributed by atoms with van der Waals surface area (Å²) in [5.74, 6) is 0. The van der Waals surface area contributed by atoms with Crippen molar-refractivity contribution in [2.24, 2.45) is 0 Å². The second-order valence-corrected chi connectivity index (χ2v) is 10.3. The summed E-state index contributed by atoms with van der Waals surface area (Å²) in [5.41, 5.74) is 0. The molecule has 25 heavy (non-hydrogen) atoms. The number of sulfonamides is 2. The van der Waals surface area contributed by atoms with Gasteiger partial charge in [0.05, 0.1) is 10.1 Å². The van der Waals surface area contributed by atoms with Crippen LogP contribution in [0.2, 0.25) is 5.02 Å². The molecule has 1 N–H and O–H groups in total. The molecule has 0 aliphatic carbocycles. The van der Waals surface area contributed by atoms with Crippen LogP contribution in [0, 0.1) is 0 Å². The molecule has 1 unspecified atom stereocenters. The van der Waals surface area contributed by atoms with Crippen LogP contribution in [-0.4, -0.2) is 46.0 Å². The van der Waals surface area contributed by atoms with E-state index in [0.29, 0.717) is 15.8 Å². The van der Waals surface area contributed by atoms with E-state index in [1.165, 1.54) is 10.4 Å². The Hall–Kier alpha value is -1.19. The Bertz CT molecular complexity index is 1010. The van der Waals surface area contributed by atoms with Gasteiger partial charge in [0, 0.05) is 35.4 Å². The largest absolute Gasteiger partial charge is 0.243 e. The lowest BCUT2D eigenvalue weighted by molar-refractivity contribution is 0.477. The molecule has 136 valence electrons. The number of nitrogens with zero attached hydrogens (tertiary/aromatic N) is 1. The van der Waals surface area contributed by atoms with Crippen molar-refractivity contribution in [3.63, 3.8) is 0 Å². The van der Waals surface area contributed by atoms with Gasteiger partial charge in [0.15, 0.2) is 0 Å². The van der Waals surface area contributed by atoms with Crippen molar-refractivity contribution in [1.82, 2.24) is 9.03 Å². The molecule has 0 saturated carbocycles. The van der Waals surface area contributed by atoms with Gasteiger partial charge in [0.25, 0.3) is 0 Å². The maximum Gasteiger partial charge on any atom is 0.243 e. The number of fused-ring (bicyclic) bond motifs is 1. The predicted octanol–water partition coefficient (Wildman–Crippen LogP) is 2.20. The van der Waals surface area contributed by atoms with E-state index in [2.05, 4.69) is 4.72 Å². The average molecular weight is 403 g/mol. The van der Waals surface area contributed by atoms with Crippen LogP contribution in [-0.2, 0) is 20.0 Å². The van der Waals surface area contributed by atoms with Gasteiger partial charge in [-0.1, -0.05) is 42.8 Å². The lowest BCUT2D eigenvalue weighted by Crippen LogP contribution is -2.37. The molecule has 0 aromatic heterocycles. The van der Waals surface area contributed by atoms with Gasteiger partial charge in [-0.15, -0.1) is 0 Å². The summed E-state index contributed by atoms with van der Waals surface area (Å²) in [6.07, 6.45) is 0.278. The van der Waals surface area contributed by atoms with Gasteiger partial charge in [-0.05, 0) is 18.6 Å².